The highest BCUT2D eigenvalue weighted by atomic mass is 35.5. The Morgan fingerprint density at radius 2 is 1.79 bits per heavy atom. The number of nitrogens with zero attached hydrogens (tertiary/aromatic N) is 6. The highest BCUT2D eigenvalue weighted by Gasteiger charge is 2.35. The number of fused-ring (bicyclic) bond motifs is 1. The number of pyridine rings is 1. The molecule has 10 heteroatoms. The number of H-pyrrole nitrogens is 1. The van der Waals surface area contributed by atoms with E-state index < -0.39 is 0 Å². The number of aromatic amines is 1. The number of hydrogen-bond acceptors (Lipinski definition) is 6. The number of halogens is 1. The van der Waals surface area contributed by atoms with Crippen LogP contribution in [0.25, 0.3) is 22.0 Å². The Labute approximate surface area is 228 Å². The van der Waals surface area contributed by atoms with Gasteiger partial charge in [-0.05, 0) is 46.7 Å². The lowest BCUT2D eigenvalue weighted by molar-refractivity contribution is -0.133. The molecule has 5 aromatic rings. The van der Waals surface area contributed by atoms with Gasteiger partial charge in [0.25, 0.3) is 5.56 Å². The van der Waals surface area contributed by atoms with E-state index in [4.69, 9.17) is 16.7 Å². The van der Waals surface area contributed by atoms with E-state index in [0.29, 0.717) is 29.3 Å². The lowest BCUT2D eigenvalue weighted by Crippen LogP contribution is -2.28. The molecule has 194 valence electrons. The minimum absolute atomic E-state index is 0.155. The SMILES string of the molecule is Cc1ccc([C@@H]2CC(c3c(-c4ccc(Cl)cc4)c4ccccc4[nH]c3=O)=NN2C(=O)CCn2cnnn2)cc1. The zero-order chi connectivity index (χ0) is 26.9. The molecule has 39 heavy (non-hydrogen) atoms. The number of hydrogen-bond donors (Lipinski definition) is 1. The maximum absolute atomic E-state index is 13.6. The summed E-state index contributed by atoms with van der Waals surface area (Å²) >= 11 is 6.18. The first-order valence-electron chi connectivity index (χ1n) is 12.6. The molecule has 0 fully saturated rings. The Kier molecular flexibility index (Phi) is 6.50. The molecule has 6 rings (SSSR count). The zero-order valence-electron chi connectivity index (χ0n) is 21.1. The van der Waals surface area contributed by atoms with Crippen molar-refractivity contribution in [1.29, 1.82) is 0 Å². The monoisotopic (exact) mass is 537 g/mol. The van der Waals surface area contributed by atoms with E-state index in [1.54, 1.807) is 12.1 Å². The molecule has 0 radical (unpaired) electrons. The molecule has 0 unspecified atom stereocenters. The molecule has 0 spiro atoms. The first-order chi connectivity index (χ1) is 19.0. The van der Waals surface area contributed by atoms with Gasteiger partial charge in [0.1, 0.15) is 6.33 Å². The van der Waals surface area contributed by atoms with Crippen molar-refractivity contribution in [1.82, 2.24) is 30.2 Å². The van der Waals surface area contributed by atoms with Gasteiger partial charge in [0.15, 0.2) is 0 Å². The molecule has 0 saturated heterocycles. The third-order valence-corrected chi connectivity index (χ3v) is 7.17. The summed E-state index contributed by atoms with van der Waals surface area (Å²) in [7, 11) is 0. The van der Waals surface area contributed by atoms with Crippen molar-refractivity contribution >= 4 is 34.1 Å². The van der Waals surface area contributed by atoms with Crippen LogP contribution < -0.4 is 5.56 Å². The molecule has 2 aromatic heterocycles. The van der Waals surface area contributed by atoms with E-state index in [-0.39, 0.29) is 23.9 Å². The lowest BCUT2D eigenvalue weighted by atomic mass is 9.91. The fraction of sp³-hybridized carbons (Fsp3) is 0.172. The average molecular weight is 538 g/mol. The molecule has 0 bridgehead atoms. The molecule has 3 aromatic carbocycles. The summed E-state index contributed by atoms with van der Waals surface area (Å²) in [6, 6.07) is 22.7. The smallest absolute Gasteiger partial charge is 0.258 e. The third-order valence-electron chi connectivity index (χ3n) is 6.92. The molecule has 0 aliphatic carbocycles. The maximum atomic E-state index is 13.6. The van der Waals surface area contributed by atoms with Gasteiger partial charge < -0.3 is 4.98 Å². The molecule has 1 aliphatic heterocycles. The zero-order valence-corrected chi connectivity index (χ0v) is 21.8. The minimum Gasteiger partial charge on any atom is -0.321 e. The highest BCUT2D eigenvalue weighted by Crippen LogP contribution is 2.37. The number of benzene rings is 3. The summed E-state index contributed by atoms with van der Waals surface area (Å²) in [5.41, 5.74) is 5.12. The second kappa shape index (κ2) is 10.3. The van der Waals surface area contributed by atoms with Crippen molar-refractivity contribution in [2.75, 3.05) is 0 Å². The summed E-state index contributed by atoms with van der Waals surface area (Å²) in [6.45, 7) is 2.34. The summed E-state index contributed by atoms with van der Waals surface area (Å²) in [5, 5.41) is 18.9. The van der Waals surface area contributed by atoms with E-state index in [9.17, 15) is 9.59 Å². The predicted octanol–water partition coefficient (Wildman–Crippen LogP) is 4.91. The molecular formula is C29H24ClN7O2. The van der Waals surface area contributed by atoms with Crippen LogP contribution in [0.5, 0.6) is 0 Å². The first-order valence-corrected chi connectivity index (χ1v) is 12.9. The van der Waals surface area contributed by atoms with Gasteiger partial charge in [-0.25, -0.2) is 9.69 Å². The average Bonchev–Trinajstić information content (AvgIpc) is 3.63. The maximum Gasteiger partial charge on any atom is 0.258 e. The van der Waals surface area contributed by atoms with Crippen molar-refractivity contribution in [3.05, 3.63) is 111 Å². The Balaban J connectivity index is 1.48. The van der Waals surface area contributed by atoms with E-state index in [2.05, 4.69) is 20.5 Å². The molecule has 1 aliphatic rings. The van der Waals surface area contributed by atoms with Crippen molar-refractivity contribution < 1.29 is 4.79 Å². The number of nitrogens with one attached hydrogen (secondary N) is 1. The van der Waals surface area contributed by atoms with Gasteiger partial charge in [-0.2, -0.15) is 5.10 Å². The molecule has 0 saturated carbocycles. The largest absolute Gasteiger partial charge is 0.321 e. The second-order valence-corrected chi connectivity index (χ2v) is 9.93. The summed E-state index contributed by atoms with van der Waals surface area (Å²) in [4.78, 5) is 30.1. The van der Waals surface area contributed by atoms with Gasteiger partial charge >= 0.3 is 0 Å². The summed E-state index contributed by atoms with van der Waals surface area (Å²) in [5.74, 6) is -0.184. The quantitative estimate of drug-likeness (QED) is 0.331. The lowest BCUT2D eigenvalue weighted by Gasteiger charge is -2.22. The van der Waals surface area contributed by atoms with Crippen LogP contribution in [0.1, 0.15) is 35.6 Å². The number of carbonyl (C=O) groups excluding carboxylic acids is 1. The number of tetrazole rings is 1. The summed E-state index contributed by atoms with van der Waals surface area (Å²) in [6.07, 6.45) is 2.01. The number of aryl methyl sites for hydroxylation is 2. The molecule has 3 heterocycles. The van der Waals surface area contributed by atoms with Gasteiger partial charge in [0, 0.05) is 34.3 Å². The van der Waals surface area contributed by atoms with Gasteiger partial charge in [0.2, 0.25) is 5.91 Å². The number of aromatic nitrogens is 5. The van der Waals surface area contributed by atoms with Gasteiger partial charge in [-0.1, -0.05) is 71.8 Å². The van der Waals surface area contributed by atoms with E-state index in [0.717, 1.165) is 33.2 Å². The van der Waals surface area contributed by atoms with Crippen LogP contribution in [-0.4, -0.2) is 41.8 Å². The van der Waals surface area contributed by atoms with Gasteiger partial charge in [0.05, 0.1) is 23.9 Å². The van der Waals surface area contributed by atoms with Crippen molar-refractivity contribution in [3.63, 3.8) is 0 Å². The van der Waals surface area contributed by atoms with E-state index in [1.165, 1.54) is 16.0 Å². The molecule has 1 atom stereocenters. The normalized spacial score (nSPS) is 15.1. The van der Waals surface area contributed by atoms with Gasteiger partial charge in [-0.15, -0.1) is 5.10 Å². The molecule has 1 N–H and O–H groups in total. The Morgan fingerprint density at radius 1 is 1.03 bits per heavy atom. The van der Waals surface area contributed by atoms with Crippen LogP contribution in [0.3, 0.4) is 0 Å². The molecule has 9 nitrogen and oxygen atoms in total. The molecule has 1 amide bonds. The van der Waals surface area contributed by atoms with E-state index in [1.807, 2.05) is 67.6 Å². The number of amides is 1. The fourth-order valence-corrected chi connectivity index (χ4v) is 5.11. The van der Waals surface area contributed by atoms with Crippen LogP contribution in [0.4, 0.5) is 0 Å². The fourth-order valence-electron chi connectivity index (χ4n) is 4.98. The van der Waals surface area contributed by atoms with Crippen LogP contribution in [0.15, 0.2) is 89.0 Å². The van der Waals surface area contributed by atoms with Crippen LogP contribution in [0, 0.1) is 6.92 Å². The Bertz CT molecular complexity index is 1740. The number of rotatable bonds is 6. The van der Waals surface area contributed by atoms with Crippen molar-refractivity contribution in [2.24, 2.45) is 5.10 Å². The van der Waals surface area contributed by atoms with Crippen LogP contribution in [0.2, 0.25) is 5.02 Å². The van der Waals surface area contributed by atoms with Crippen LogP contribution in [-0.2, 0) is 11.3 Å². The summed E-state index contributed by atoms with van der Waals surface area (Å²) < 4.78 is 1.51. The standard InChI is InChI=1S/C29H24ClN7O2/c1-18-6-8-19(9-7-18)25-16-24(33-37(25)26(38)14-15-36-17-31-34-35-36)28-27(20-10-12-21(30)13-11-20)22-4-2-3-5-23(22)32-29(28)39/h2-13,17,25H,14-16H2,1H3,(H,32,39)/t25-/m0/s1. The number of hydrazone groups is 1. The molecular weight excluding hydrogens is 514 g/mol. The minimum atomic E-state index is -0.356. The Morgan fingerprint density at radius 3 is 2.54 bits per heavy atom. The Hall–Kier alpha value is -4.63. The van der Waals surface area contributed by atoms with Gasteiger partial charge in [-0.3, -0.25) is 9.59 Å². The number of para-hydroxylation sites is 1. The third kappa shape index (κ3) is 4.84. The first kappa shape index (κ1) is 24.7. The number of carbonyl (C=O) groups is 1. The van der Waals surface area contributed by atoms with Crippen molar-refractivity contribution in [3.8, 4) is 11.1 Å². The topological polar surface area (TPSA) is 109 Å². The predicted molar refractivity (Wildman–Crippen MR) is 149 cm³/mol. The van der Waals surface area contributed by atoms with Crippen LogP contribution >= 0.6 is 11.6 Å². The van der Waals surface area contributed by atoms with E-state index >= 15 is 0 Å². The second-order valence-electron chi connectivity index (χ2n) is 9.50. The highest BCUT2D eigenvalue weighted by molar-refractivity contribution is 6.30. The van der Waals surface area contributed by atoms with Crippen molar-refractivity contribution in [2.45, 2.75) is 32.4 Å².